The van der Waals surface area contributed by atoms with E-state index in [9.17, 15) is 9.59 Å². The summed E-state index contributed by atoms with van der Waals surface area (Å²) in [5, 5.41) is 0. The summed E-state index contributed by atoms with van der Waals surface area (Å²) in [4.78, 5) is 23.7. The van der Waals surface area contributed by atoms with Gasteiger partial charge in [0.25, 0.3) is 0 Å². The fourth-order valence-corrected chi connectivity index (χ4v) is 9.86. The monoisotopic (exact) mass is 378 g/mol. The molecule has 2 fully saturated rings. The molecular weight excluding hydrogens is 355 g/mol. The standard InChI is InChI=1S/2C6H12NO2.Sn/c2*1-4(2)3-5(7)6(8)9;/h2*4-5,7H,3H2,1-2H3,(H,8,9);/q2*-1;+4/p-2/t2*5-;/m10./s1. The van der Waals surface area contributed by atoms with E-state index in [0.29, 0.717) is 24.7 Å². The van der Waals surface area contributed by atoms with Crippen molar-refractivity contribution in [2.45, 2.75) is 52.6 Å². The zero-order valence-corrected chi connectivity index (χ0v) is 14.7. The molecule has 3 atom stereocenters. The van der Waals surface area contributed by atoms with E-state index in [1.165, 1.54) is 0 Å². The third-order valence-electron chi connectivity index (χ3n) is 3.20. The molecule has 1 unspecified atom stereocenters. The first-order valence-corrected chi connectivity index (χ1v) is 12.0. The van der Waals surface area contributed by atoms with Crippen LogP contribution in [0.4, 0.5) is 0 Å². The molecule has 2 heterocycles. The molecule has 2 aliphatic heterocycles. The van der Waals surface area contributed by atoms with Crippen molar-refractivity contribution in [2.75, 3.05) is 0 Å². The number of hydrogen-bond acceptors (Lipinski definition) is 6. The van der Waals surface area contributed by atoms with E-state index in [0.717, 1.165) is 0 Å². The van der Waals surface area contributed by atoms with Gasteiger partial charge in [0.05, 0.1) is 0 Å². The molecule has 0 radical (unpaired) electrons. The van der Waals surface area contributed by atoms with Crippen molar-refractivity contribution >= 4 is 31.7 Å². The fraction of sp³-hybridized carbons (Fsp3) is 0.833. The molecule has 2 rings (SSSR count). The van der Waals surface area contributed by atoms with E-state index in [1.54, 1.807) is 0 Å². The first kappa shape index (κ1) is 15.1. The average Bonchev–Trinajstić information content (AvgIpc) is 2.67. The molecule has 2 saturated heterocycles. The summed E-state index contributed by atoms with van der Waals surface area (Å²) in [5.74, 6) is 0.204. The van der Waals surface area contributed by atoms with Crippen molar-refractivity contribution in [1.29, 1.82) is 0 Å². The van der Waals surface area contributed by atoms with Gasteiger partial charge in [-0.15, -0.1) is 0 Å². The number of hydrogen-bond donors (Lipinski definition) is 2. The molecule has 0 aromatic rings. The number of carbonyl (C=O) groups excluding carboxylic acids is 2. The van der Waals surface area contributed by atoms with Crippen molar-refractivity contribution in [3.63, 3.8) is 0 Å². The summed E-state index contributed by atoms with van der Waals surface area (Å²) in [7, 11) is 0. The molecule has 19 heavy (non-hydrogen) atoms. The van der Waals surface area contributed by atoms with E-state index in [2.05, 4.69) is 7.08 Å². The number of carbonyl (C=O) groups is 2. The quantitative estimate of drug-likeness (QED) is 0.697. The Kier molecular flexibility index (Phi) is 4.41. The summed E-state index contributed by atoms with van der Waals surface area (Å²) in [6, 6.07) is -0.678. The predicted octanol–water partition coefficient (Wildman–Crippen LogP) is 0.544. The van der Waals surface area contributed by atoms with Crippen LogP contribution in [-0.4, -0.2) is 43.8 Å². The Morgan fingerprint density at radius 3 is 1.63 bits per heavy atom. The van der Waals surface area contributed by atoms with Gasteiger partial charge in [0.15, 0.2) is 0 Å². The van der Waals surface area contributed by atoms with Gasteiger partial charge in [-0.05, 0) is 0 Å². The minimum atomic E-state index is -3.87. The van der Waals surface area contributed by atoms with Gasteiger partial charge < -0.3 is 0 Å². The molecule has 0 aliphatic carbocycles. The zero-order valence-electron chi connectivity index (χ0n) is 11.9. The Hall–Kier alpha value is -0.341. The molecule has 0 aromatic heterocycles. The molecule has 0 bridgehead atoms. The van der Waals surface area contributed by atoms with Gasteiger partial charge in [-0.3, -0.25) is 0 Å². The van der Waals surface area contributed by atoms with Crippen LogP contribution in [-0.2, 0) is 15.7 Å². The van der Waals surface area contributed by atoms with Crippen molar-refractivity contribution in [3.8, 4) is 0 Å². The first-order chi connectivity index (χ1) is 8.81. The van der Waals surface area contributed by atoms with Gasteiger partial charge in [-0.2, -0.15) is 0 Å². The van der Waals surface area contributed by atoms with Crippen molar-refractivity contribution in [3.05, 3.63) is 0 Å². The van der Waals surface area contributed by atoms with Crippen molar-refractivity contribution in [1.82, 2.24) is 7.08 Å². The van der Waals surface area contributed by atoms with Crippen LogP contribution in [0.5, 0.6) is 0 Å². The Morgan fingerprint density at radius 2 is 1.32 bits per heavy atom. The van der Waals surface area contributed by atoms with Gasteiger partial charge in [0, 0.05) is 0 Å². The normalized spacial score (nSPS) is 34.4. The zero-order chi connectivity index (χ0) is 14.2. The Balaban J connectivity index is 2.02. The maximum absolute atomic E-state index is 11.8. The van der Waals surface area contributed by atoms with Gasteiger partial charge >= 0.3 is 119 Å². The van der Waals surface area contributed by atoms with E-state index in [-0.39, 0.29) is 24.0 Å². The molecule has 6 nitrogen and oxygen atoms in total. The topological polar surface area (TPSA) is 76.7 Å². The van der Waals surface area contributed by atoms with Crippen LogP contribution in [0.2, 0.25) is 0 Å². The number of rotatable bonds is 4. The molecule has 2 N–H and O–H groups in total. The third-order valence-corrected chi connectivity index (χ3v) is 10.1. The molecule has 108 valence electrons. The summed E-state index contributed by atoms with van der Waals surface area (Å²) < 4.78 is 17.2. The number of nitrogens with one attached hydrogen (secondary N) is 2. The van der Waals surface area contributed by atoms with Crippen LogP contribution in [0, 0.1) is 11.8 Å². The second-order valence-electron chi connectivity index (χ2n) is 6.11. The SMILES string of the molecule is CC(C)C[C@@H]1[NH][Sn]2([NH][C@H](CC(C)C)C(=O)[O]2)[O]C1=O. The maximum atomic E-state index is 11.8. The van der Waals surface area contributed by atoms with Crippen molar-refractivity contribution < 1.29 is 15.7 Å². The average molecular weight is 377 g/mol. The molecule has 1 spiro atoms. The fourth-order valence-electron chi connectivity index (χ4n) is 2.44. The van der Waals surface area contributed by atoms with Crippen LogP contribution in [0.1, 0.15) is 40.5 Å². The third kappa shape index (κ3) is 3.41. The second-order valence-corrected chi connectivity index (χ2v) is 12.4. The van der Waals surface area contributed by atoms with Crippen LogP contribution in [0.3, 0.4) is 0 Å². The molecular formula is C12H22N2O4Sn. The van der Waals surface area contributed by atoms with Crippen LogP contribution < -0.4 is 7.08 Å². The Morgan fingerprint density at radius 1 is 0.947 bits per heavy atom. The van der Waals surface area contributed by atoms with Gasteiger partial charge in [-0.25, -0.2) is 0 Å². The Labute approximate surface area is 119 Å². The summed E-state index contributed by atoms with van der Waals surface area (Å²) in [6.07, 6.45) is 1.40. The van der Waals surface area contributed by atoms with Crippen LogP contribution in [0.15, 0.2) is 0 Å². The van der Waals surface area contributed by atoms with Crippen LogP contribution >= 0.6 is 0 Å². The summed E-state index contributed by atoms with van der Waals surface area (Å²) >= 11 is -3.87. The van der Waals surface area contributed by atoms with E-state index < -0.39 is 19.8 Å². The van der Waals surface area contributed by atoms with E-state index >= 15 is 0 Å². The molecule has 7 heteroatoms. The minimum absolute atomic E-state index is 0.282. The van der Waals surface area contributed by atoms with Crippen LogP contribution in [0.25, 0.3) is 0 Å². The van der Waals surface area contributed by atoms with E-state index in [4.69, 9.17) is 6.15 Å². The summed E-state index contributed by atoms with van der Waals surface area (Å²) in [6.45, 7) is 8.19. The Bertz CT molecular complexity index is 350. The van der Waals surface area contributed by atoms with Crippen molar-refractivity contribution in [2.24, 2.45) is 11.8 Å². The molecule has 2 aliphatic rings. The first-order valence-electron chi connectivity index (χ1n) is 6.82. The van der Waals surface area contributed by atoms with Gasteiger partial charge in [0.2, 0.25) is 0 Å². The second kappa shape index (κ2) is 5.57. The molecule has 0 amide bonds. The van der Waals surface area contributed by atoms with Gasteiger partial charge in [0.1, 0.15) is 0 Å². The molecule has 0 saturated carbocycles. The molecule has 0 aromatic carbocycles. The van der Waals surface area contributed by atoms with E-state index in [1.807, 2.05) is 27.7 Å². The summed E-state index contributed by atoms with van der Waals surface area (Å²) in [5.41, 5.74) is 0. The predicted molar refractivity (Wildman–Crippen MR) is 70.7 cm³/mol. The van der Waals surface area contributed by atoms with Gasteiger partial charge in [-0.1, -0.05) is 0 Å².